The van der Waals surface area contributed by atoms with Crippen LogP contribution in [0.25, 0.3) is 0 Å². The lowest BCUT2D eigenvalue weighted by molar-refractivity contribution is -0.136. The Bertz CT molecular complexity index is 481. The summed E-state index contributed by atoms with van der Waals surface area (Å²) < 4.78 is 1.50. The van der Waals surface area contributed by atoms with E-state index in [9.17, 15) is 9.59 Å². The summed E-state index contributed by atoms with van der Waals surface area (Å²) in [6.07, 6.45) is 1.21. The third-order valence-corrected chi connectivity index (χ3v) is 2.71. The predicted molar refractivity (Wildman–Crippen MR) is 53.2 cm³/mol. The van der Waals surface area contributed by atoms with Gasteiger partial charge < -0.3 is 5.11 Å². The number of carbonyl (C=O) groups is 1. The van der Waals surface area contributed by atoms with Crippen molar-refractivity contribution >= 4 is 17.6 Å². The molecule has 1 aromatic rings. The number of fused-ring (bicyclic) bond motifs is 1. The molecule has 1 aliphatic heterocycles. The van der Waals surface area contributed by atoms with E-state index in [0.29, 0.717) is 12.4 Å². The number of nitrogens with zero attached hydrogens (tertiary/aromatic N) is 2. The van der Waals surface area contributed by atoms with Gasteiger partial charge in [0.25, 0.3) is 5.56 Å². The molecular weight excluding hydrogens is 220 g/mol. The third-order valence-electron chi connectivity index (χ3n) is 2.40. The van der Waals surface area contributed by atoms with Crippen LogP contribution in [0.5, 0.6) is 0 Å². The quantitative estimate of drug-likeness (QED) is 0.747. The Morgan fingerprint density at radius 2 is 2.33 bits per heavy atom. The second kappa shape index (κ2) is 3.66. The molecule has 1 aliphatic rings. The first kappa shape index (κ1) is 10.2. The Hall–Kier alpha value is -1.36. The number of aliphatic carboxylic acids is 1. The van der Waals surface area contributed by atoms with Crippen LogP contribution in [0.4, 0.5) is 0 Å². The zero-order valence-electron chi connectivity index (χ0n) is 7.86. The second-order valence-electron chi connectivity index (χ2n) is 3.43. The monoisotopic (exact) mass is 228 g/mol. The van der Waals surface area contributed by atoms with Crippen molar-refractivity contribution in [1.29, 1.82) is 0 Å². The lowest BCUT2D eigenvalue weighted by atomic mass is 10.2. The minimum Gasteiger partial charge on any atom is -0.481 e. The Morgan fingerprint density at radius 1 is 1.60 bits per heavy atom. The van der Waals surface area contributed by atoms with Gasteiger partial charge in [-0.15, -0.1) is 0 Å². The van der Waals surface area contributed by atoms with E-state index in [1.807, 2.05) is 0 Å². The highest BCUT2D eigenvalue weighted by atomic mass is 35.5. The highest BCUT2D eigenvalue weighted by molar-refractivity contribution is 6.30. The highest BCUT2D eigenvalue weighted by Crippen LogP contribution is 2.15. The summed E-state index contributed by atoms with van der Waals surface area (Å²) in [6, 6.07) is 0. The zero-order valence-corrected chi connectivity index (χ0v) is 8.62. The van der Waals surface area contributed by atoms with E-state index >= 15 is 0 Å². The summed E-state index contributed by atoms with van der Waals surface area (Å²) in [7, 11) is 0. The summed E-state index contributed by atoms with van der Waals surface area (Å²) in [6.45, 7) is 0.602. The number of halogens is 1. The Labute approximate surface area is 90.3 Å². The maximum absolute atomic E-state index is 11.8. The fraction of sp³-hybridized carbons (Fsp3) is 0.444. The van der Waals surface area contributed by atoms with Crippen LogP contribution in [0, 0.1) is 0 Å². The van der Waals surface area contributed by atoms with Gasteiger partial charge in [0.2, 0.25) is 0 Å². The average Bonchev–Trinajstić information content (AvgIpc) is 2.59. The maximum Gasteiger partial charge on any atom is 0.308 e. The highest BCUT2D eigenvalue weighted by Gasteiger charge is 2.20. The lowest BCUT2D eigenvalue weighted by Crippen LogP contribution is -2.26. The van der Waals surface area contributed by atoms with Crippen LogP contribution in [0.2, 0.25) is 5.15 Å². The van der Waals surface area contributed by atoms with E-state index < -0.39 is 5.97 Å². The molecule has 6 heteroatoms. The van der Waals surface area contributed by atoms with E-state index in [1.54, 1.807) is 0 Å². The van der Waals surface area contributed by atoms with Crippen LogP contribution >= 0.6 is 11.6 Å². The largest absolute Gasteiger partial charge is 0.481 e. The number of carboxylic acids is 1. The van der Waals surface area contributed by atoms with Crippen molar-refractivity contribution in [2.24, 2.45) is 0 Å². The number of hydrogen-bond donors (Lipinski definition) is 1. The van der Waals surface area contributed by atoms with Gasteiger partial charge in [-0.25, -0.2) is 4.98 Å². The Balaban J connectivity index is 2.56. The fourth-order valence-electron chi connectivity index (χ4n) is 1.73. The number of aromatic nitrogens is 2. The Morgan fingerprint density at radius 3 is 3.00 bits per heavy atom. The van der Waals surface area contributed by atoms with Gasteiger partial charge in [-0.2, -0.15) is 0 Å². The normalized spacial score (nSPS) is 13.9. The van der Waals surface area contributed by atoms with E-state index in [0.717, 1.165) is 12.8 Å². The van der Waals surface area contributed by atoms with Crippen molar-refractivity contribution in [1.82, 2.24) is 9.55 Å². The first-order valence-electron chi connectivity index (χ1n) is 4.59. The maximum atomic E-state index is 11.8. The lowest BCUT2D eigenvalue weighted by Gasteiger charge is -2.06. The van der Waals surface area contributed by atoms with Crippen LogP contribution in [0.1, 0.15) is 17.8 Å². The second-order valence-corrected chi connectivity index (χ2v) is 3.79. The van der Waals surface area contributed by atoms with Gasteiger partial charge >= 0.3 is 5.97 Å². The van der Waals surface area contributed by atoms with Crippen LogP contribution in [0.15, 0.2) is 4.79 Å². The van der Waals surface area contributed by atoms with Crippen molar-refractivity contribution in [3.05, 3.63) is 26.9 Å². The predicted octanol–water partition coefficient (Wildman–Crippen LogP) is 0.470. The van der Waals surface area contributed by atoms with Crippen molar-refractivity contribution in [3.8, 4) is 0 Å². The minimum absolute atomic E-state index is 0.0237. The van der Waals surface area contributed by atoms with E-state index in [-0.39, 0.29) is 22.7 Å². The first-order valence-corrected chi connectivity index (χ1v) is 4.97. The van der Waals surface area contributed by atoms with Crippen LogP contribution < -0.4 is 5.56 Å². The topological polar surface area (TPSA) is 72.2 Å². The molecule has 0 unspecified atom stereocenters. The summed E-state index contributed by atoms with van der Waals surface area (Å²) in [4.78, 5) is 26.4. The molecule has 5 nitrogen and oxygen atoms in total. The van der Waals surface area contributed by atoms with Crippen LogP contribution in [-0.2, 0) is 24.2 Å². The van der Waals surface area contributed by atoms with Crippen molar-refractivity contribution in [2.45, 2.75) is 25.8 Å². The SMILES string of the molecule is O=C(O)Cc1c(Cl)nc2n(c1=O)CCC2. The molecule has 80 valence electrons. The van der Waals surface area contributed by atoms with Gasteiger partial charge in [0.05, 0.1) is 12.0 Å². The fourth-order valence-corrected chi connectivity index (χ4v) is 1.97. The number of hydrogen-bond acceptors (Lipinski definition) is 3. The third kappa shape index (κ3) is 1.74. The number of carboxylic acid groups (broad SMARTS) is 1. The molecule has 0 spiro atoms. The Kier molecular flexibility index (Phi) is 2.48. The number of rotatable bonds is 2. The van der Waals surface area contributed by atoms with Gasteiger partial charge in [0, 0.05) is 13.0 Å². The molecule has 0 amide bonds. The molecule has 1 N–H and O–H groups in total. The number of aryl methyl sites for hydroxylation is 1. The molecule has 2 heterocycles. The summed E-state index contributed by atoms with van der Waals surface area (Å²) in [5.41, 5.74) is -0.236. The van der Waals surface area contributed by atoms with Crippen LogP contribution in [-0.4, -0.2) is 20.6 Å². The van der Waals surface area contributed by atoms with E-state index in [2.05, 4.69) is 4.98 Å². The smallest absolute Gasteiger partial charge is 0.308 e. The molecule has 0 bridgehead atoms. The van der Waals surface area contributed by atoms with Crippen molar-refractivity contribution in [2.75, 3.05) is 0 Å². The van der Waals surface area contributed by atoms with Gasteiger partial charge in [-0.1, -0.05) is 11.6 Å². The first-order chi connectivity index (χ1) is 7.09. The van der Waals surface area contributed by atoms with Crippen LogP contribution in [0.3, 0.4) is 0 Å². The molecule has 0 aliphatic carbocycles. The molecular formula is C9H9ClN2O3. The van der Waals surface area contributed by atoms with Gasteiger partial charge in [0.15, 0.2) is 0 Å². The summed E-state index contributed by atoms with van der Waals surface area (Å²) >= 11 is 5.77. The molecule has 0 atom stereocenters. The molecule has 0 saturated carbocycles. The van der Waals surface area contributed by atoms with Crippen molar-refractivity contribution in [3.63, 3.8) is 0 Å². The molecule has 0 saturated heterocycles. The van der Waals surface area contributed by atoms with Gasteiger partial charge in [0.1, 0.15) is 11.0 Å². The molecule has 0 radical (unpaired) electrons. The summed E-state index contributed by atoms with van der Waals surface area (Å²) in [5, 5.41) is 8.65. The van der Waals surface area contributed by atoms with E-state index in [1.165, 1.54) is 4.57 Å². The zero-order chi connectivity index (χ0) is 11.0. The molecule has 15 heavy (non-hydrogen) atoms. The molecule has 0 fully saturated rings. The van der Waals surface area contributed by atoms with Crippen molar-refractivity contribution < 1.29 is 9.90 Å². The summed E-state index contributed by atoms with van der Waals surface area (Å²) in [5.74, 6) is -0.423. The van der Waals surface area contributed by atoms with Gasteiger partial charge in [-0.3, -0.25) is 14.2 Å². The standard InChI is InChI=1S/C9H9ClN2O3/c10-8-5(4-7(13)14)9(15)12-3-1-2-6(12)11-8/h1-4H2,(H,13,14). The minimum atomic E-state index is -1.07. The van der Waals surface area contributed by atoms with Gasteiger partial charge in [-0.05, 0) is 6.42 Å². The van der Waals surface area contributed by atoms with E-state index in [4.69, 9.17) is 16.7 Å². The molecule has 1 aromatic heterocycles. The molecule has 2 rings (SSSR count). The average molecular weight is 229 g/mol. The molecule has 0 aromatic carbocycles.